The number of anilines is 1. The average molecular weight is 361 g/mol. The molecule has 1 aliphatic rings. The molecule has 0 amide bonds. The average Bonchev–Trinajstić information content (AvgIpc) is 2.55. The van der Waals surface area contributed by atoms with E-state index in [1.807, 2.05) is 12.1 Å². The number of nitrogens with zero attached hydrogens (tertiary/aromatic N) is 1. The first-order valence-corrected chi connectivity index (χ1v) is 12.1. The lowest BCUT2D eigenvalue weighted by Crippen LogP contribution is -2.49. The molecule has 2 atom stereocenters. The fourth-order valence-corrected chi connectivity index (χ4v) is 4.43. The van der Waals surface area contributed by atoms with Gasteiger partial charge in [0.2, 0.25) is 0 Å². The molecule has 138 valence electrons. The van der Waals surface area contributed by atoms with Crippen LogP contribution in [0.5, 0.6) is 5.75 Å². The third kappa shape index (κ3) is 4.99. The van der Waals surface area contributed by atoms with Gasteiger partial charge in [0.05, 0.1) is 30.9 Å². The predicted molar refractivity (Wildman–Crippen MR) is 106 cm³/mol. The molecule has 1 aromatic rings. The Hall–Kier alpha value is -1.51. The number of ether oxygens (including phenoxy) is 1. The molecule has 0 aromatic heterocycles. The first kappa shape index (κ1) is 19.8. The fraction of sp³-hybridized carbons (Fsp3) is 0.650. The zero-order chi connectivity index (χ0) is 18.7. The number of benzene rings is 1. The molecule has 25 heavy (non-hydrogen) atoms. The van der Waals surface area contributed by atoms with Gasteiger partial charge in [-0.05, 0) is 43.1 Å². The van der Waals surface area contributed by atoms with Crippen molar-refractivity contribution >= 4 is 14.0 Å². The van der Waals surface area contributed by atoms with E-state index in [9.17, 15) is 5.26 Å². The molecule has 5 heteroatoms. The Bertz CT molecular complexity index is 632. The van der Waals surface area contributed by atoms with Crippen molar-refractivity contribution in [2.45, 2.75) is 76.7 Å². The van der Waals surface area contributed by atoms with Gasteiger partial charge in [-0.25, -0.2) is 0 Å². The summed E-state index contributed by atoms with van der Waals surface area (Å²) >= 11 is 0. The molecule has 1 aliphatic carbocycles. The van der Waals surface area contributed by atoms with E-state index in [1.165, 1.54) is 12.8 Å². The van der Waals surface area contributed by atoms with Gasteiger partial charge < -0.3 is 14.5 Å². The highest BCUT2D eigenvalue weighted by Crippen LogP contribution is 2.39. The van der Waals surface area contributed by atoms with E-state index in [2.05, 4.69) is 45.3 Å². The molecular formula is C20H32N2O2Si. The topological polar surface area (TPSA) is 54.3 Å². The number of nitriles is 1. The summed E-state index contributed by atoms with van der Waals surface area (Å²) in [5.74, 6) is 0.708. The SMILES string of the molecule is COc1cc(C#N)cc(N[C@H]2CCCC[C@@H]2O[Si](C)(C)C(C)(C)C)c1. The smallest absolute Gasteiger partial charge is 0.192 e. The zero-order valence-corrected chi connectivity index (χ0v) is 17.5. The van der Waals surface area contributed by atoms with E-state index < -0.39 is 8.32 Å². The quantitative estimate of drug-likeness (QED) is 0.723. The minimum absolute atomic E-state index is 0.207. The van der Waals surface area contributed by atoms with Crippen LogP contribution in [-0.4, -0.2) is 27.6 Å². The highest BCUT2D eigenvalue weighted by atomic mass is 28.4. The molecule has 0 aliphatic heterocycles. The van der Waals surface area contributed by atoms with E-state index >= 15 is 0 Å². The van der Waals surface area contributed by atoms with Gasteiger partial charge in [-0.2, -0.15) is 5.26 Å². The number of rotatable bonds is 5. The van der Waals surface area contributed by atoms with Crippen LogP contribution in [0.1, 0.15) is 52.0 Å². The van der Waals surface area contributed by atoms with Gasteiger partial charge in [-0.15, -0.1) is 0 Å². The van der Waals surface area contributed by atoms with Crippen molar-refractivity contribution in [3.05, 3.63) is 23.8 Å². The Balaban J connectivity index is 2.18. The monoisotopic (exact) mass is 360 g/mol. The van der Waals surface area contributed by atoms with E-state index in [4.69, 9.17) is 9.16 Å². The Kier molecular flexibility index (Phi) is 6.18. The number of hydrogen-bond acceptors (Lipinski definition) is 4. The maximum atomic E-state index is 9.23. The van der Waals surface area contributed by atoms with Crippen LogP contribution in [0.2, 0.25) is 18.1 Å². The van der Waals surface area contributed by atoms with Gasteiger partial charge in [0.1, 0.15) is 5.75 Å². The van der Waals surface area contributed by atoms with Gasteiger partial charge >= 0.3 is 0 Å². The largest absolute Gasteiger partial charge is 0.497 e. The maximum Gasteiger partial charge on any atom is 0.192 e. The Labute approximate surface area is 153 Å². The molecular weight excluding hydrogens is 328 g/mol. The highest BCUT2D eigenvalue weighted by Gasteiger charge is 2.41. The van der Waals surface area contributed by atoms with Crippen molar-refractivity contribution in [2.24, 2.45) is 0 Å². The van der Waals surface area contributed by atoms with Gasteiger partial charge in [-0.3, -0.25) is 0 Å². The van der Waals surface area contributed by atoms with Gasteiger partial charge in [0.25, 0.3) is 0 Å². The molecule has 0 heterocycles. The van der Waals surface area contributed by atoms with Crippen LogP contribution in [0.25, 0.3) is 0 Å². The minimum atomic E-state index is -1.80. The van der Waals surface area contributed by atoms with Crippen LogP contribution in [0.3, 0.4) is 0 Å². The maximum absolute atomic E-state index is 9.23. The lowest BCUT2D eigenvalue weighted by atomic mass is 9.92. The lowest BCUT2D eigenvalue weighted by Gasteiger charge is -2.43. The summed E-state index contributed by atoms with van der Waals surface area (Å²) in [5.41, 5.74) is 1.55. The summed E-state index contributed by atoms with van der Waals surface area (Å²) < 4.78 is 12.0. The number of methoxy groups -OCH3 is 1. The second-order valence-electron chi connectivity index (χ2n) is 8.51. The molecule has 1 aromatic carbocycles. The molecule has 1 fully saturated rings. The van der Waals surface area contributed by atoms with E-state index in [0.717, 1.165) is 18.5 Å². The van der Waals surface area contributed by atoms with E-state index in [-0.39, 0.29) is 17.2 Å². The molecule has 2 rings (SSSR count). The van der Waals surface area contributed by atoms with Crippen molar-refractivity contribution in [3.63, 3.8) is 0 Å². The van der Waals surface area contributed by atoms with Crippen molar-refractivity contribution < 1.29 is 9.16 Å². The van der Waals surface area contributed by atoms with Gasteiger partial charge in [0.15, 0.2) is 8.32 Å². The zero-order valence-electron chi connectivity index (χ0n) is 16.5. The van der Waals surface area contributed by atoms with Gasteiger partial charge in [-0.1, -0.05) is 33.6 Å². The first-order valence-electron chi connectivity index (χ1n) is 9.20. The number of hydrogen-bond donors (Lipinski definition) is 1. The van der Waals surface area contributed by atoms with Crippen LogP contribution >= 0.6 is 0 Å². The second-order valence-corrected chi connectivity index (χ2v) is 13.3. The van der Waals surface area contributed by atoms with Crippen LogP contribution in [0.15, 0.2) is 18.2 Å². The highest BCUT2D eigenvalue weighted by molar-refractivity contribution is 6.74. The summed E-state index contributed by atoms with van der Waals surface area (Å²) in [7, 11) is -0.175. The van der Waals surface area contributed by atoms with E-state index in [0.29, 0.717) is 11.3 Å². The van der Waals surface area contributed by atoms with Crippen molar-refractivity contribution in [1.82, 2.24) is 0 Å². The Morgan fingerprint density at radius 1 is 1.16 bits per heavy atom. The fourth-order valence-electron chi connectivity index (χ4n) is 3.04. The molecule has 4 nitrogen and oxygen atoms in total. The minimum Gasteiger partial charge on any atom is -0.497 e. The van der Waals surface area contributed by atoms with Gasteiger partial charge in [0, 0.05) is 11.8 Å². The van der Waals surface area contributed by atoms with Crippen LogP contribution in [-0.2, 0) is 4.43 Å². The Morgan fingerprint density at radius 2 is 1.84 bits per heavy atom. The molecule has 0 saturated heterocycles. The summed E-state index contributed by atoms with van der Waals surface area (Å²) in [6.45, 7) is 11.5. The molecule has 0 unspecified atom stereocenters. The second kappa shape index (κ2) is 7.80. The van der Waals surface area contributed by atoms with Crippen molar-refractivity contribution in [2.75, 3.05) is 12.4 Å². The standard InChI is InChI=1S/C20H32N2O2Si/c1-20(2,3)25(5,6)24-19-10-8-7-9-18(19)22-16-11-15(14-21)12-17(13-16)23-4/h11-13,18-19,22H,7-10H2,1-6H3/t18-,19-/m0/s1. The molecule has 1 saturated carbocycles. The molecule has 1 N–H and O–H groups in total. The predicted octanol–water partition coefficient (Wildman–Crippen LogP) is 5.31. The summed E-state index contributed by atoms with van der Waals surface area (Å²) in [6, 6.07) is 8.09. The summed E-state index contributed by atoms with van der Waals surface area (Å²) in [6.07, 6.45) is 4.85. The lowest BCUT2D eigenvalue weighted by molar-refractivity contribution is 0.124. The normalized spacial score (nSPS) is 21.5. The molecule has 0 spiro atoms. The van der Waals surface area contributed by atoms with Crippen LogP contribution in [0, 0.1) is 11.3 Å². The van der Waals surface area contributed by atoms with Crippen LogP contribution in [0.4, 0.5) is 5.69 Å². The summed E-state index contributed by atoms with van der Waals surface area (Å²) in [5, 5.41) is 13.1. The third-order valence-electron chi connectivity index (χ3n) is 5.58. The van der Waals surface area contributed by atoms with Crippen molar-refractivity contribution in [1.29, 1.82) is 5.26 Å². The number of nitrogens with one attached hydrogen (secondary N) is 1. The third-order valence-corrected chi connectivity index (χ3v) is 10.1. The van der Waals surface area contributed by atoms with Crippen molar-refractivity contribution in [3.8, 4) is 11.8 Å². The first-order chi connectivity index (χ1) is 11.7. The van der Waals surface area contributed by atoms with E-state index in [1.54, 1.807) is 13.2 Å². The summed E-state index contributed by atoms with van der Waals surface area (Å²) in [4.78, 5) is 0. The molecule has 0 radical (unpaired) electrons. The molecule has 0 bridgehead atoms. The van der Waals surface area contributed by atoms with Crippen LogP contribution < -0.4 is 10.1 Å². The Morgan fingerprint density at radius 3 is 2.44 bits per heavy atom.